The zero-order chi connectivity index (χ0) is 14.8. The third kappa shape index (κ3) is 3.04. The average Bonchev–Trinajstić information content (AvgIpc) is 2.50. The van der Waals surface area contributed by atoms with E-state index in [0.29, 0.717) is 24.1 Å². The van der Waals surface area contributed by atoms with Crippen LogP contribution in [0.3, 0.4) is 0 Å². The van der Waals surface area contributed by atoms with Gasteiger partial charge in [-0.3, -0.25) is 0 Å². The first-order valence-corrected chi connectivity index (χ1v) is 7.52. The first kappa shape index (κ1) is 14.4. The lowest BCUT2D eigenvalue weighted by Gasteiger charge is -2.23. The number of para-hydroxylation sites is 1. The van der Waals surface area contributed by atoms with E-state index < -0.39 is 0 Å². The lowest BCUT2D eigenvalue weighted by atomic mass is 9.98. The maximum atomic E-state index is 13.3. The first-order valence-electron chi connectivity index (χ1n) is 6.73. The Morgan fingerprint density at radius 3 is 2.81 bits per heavy atom. The molecule has 0 spiro atoms. The number of nitrogens with two attached hydrogens (primary N) is 1. The van der Waals surface area contributed by atoms with Gasteiger partial charge in [-0.05, 0) is 46.1 Å². The average molecular weight is 352 g/mol. The Balaban J connectivity index is 1.85. The van der Waals surface area contributed by atoms with Crippen molar-refractivity contribution >= 4 is 15.9 Å². The van der Waals surface area contributed by atoms with Crippen molar-refractivity contribution in [1.82, 2.24) is 0 Å². The summed E-state index contributed by atoms with van der Waals surface area (Å²) in [7, 11) is 0. The number of rotatable bonds is 3. The summed E-state index contributed by atoms with van der Waals surface area (Å²) < 4.78 is 25.0. The van der Waals surface area contributed by atoms with Gasteiger partial charge in [0.15, 0.2) is 11.5 Å². The molecule has 2 aromatic carbocycles. The minimum absolute atomic E-state index is 0.237. The molecule has 0 aliphatic carbocycles. The third-order valence-corrected chi connectivity index (χ3v) is 4.04. The number of hydrogen-bond donors (Lipinski definition) is 1. The van der Waals surface area contributed by atoms with Crippen LogP contribution < -0.4 is 15.2 Å². The Kier molecular flexibility index (Phi) is 4.12. The molecule has 0 aromatic heterocycles. The molecule has 0 amide bonds. The van der Waals surface area contributed by atoms with Gasteiger partial charge in [0.2, 0.25) is 0 Å². The van der Waals surface area contributed by atoms with Gasteiger partial charge in [-0.2, -0.15) is 0 Å². The van der Waals surface area contributed by atoms with Crippen molar-refractivity contribution < 1.29 is 13.9 Å². The predicted molar refractivity (Wildman–Crippen MR) is 82.2 cm³/mol. The quantitative estimate of drug-likeness (QED) is 0.918. The van der Waals surface area contributed by atoms with Crippen LogP contribution >= 0.6 is 15.9 Å². The Labute approximate surface area is 131 Å². The van der Waals surface area contributed by atoms with Gasteiger partial charge in [0.05, 0.1) is 4.47 Å². The fraction of sp³-hybridized carbons (Fsp3) is 0.250. The summed E-state index contributed by atoms with van der Waals surface area (Å²) in [5, 5.41) is 0. The first-order chi connectivity index (χ1) is 10.1. The van der Waals surface area contributed by atoms with Crippen LogP contribution in [0.15, 0.2) is 40.9 Å². The summed E-state index contributed by atoms with van der Waals surface area (Å²) in [6, 6.07) is 10.4. The van der Waals surface area contributed by atoms with Crippen LogP contribution in [0.25, 0.3) is 0 Å². The van der Waals surface area contributed by atoms with Gasteiger partial charge in [0.25, 0.3) is 0 Å². The van der Waals surface area contributed by atoms with Gasteiger partial charge < -0.3 is 15.2 Å². The van der Waals surface area contributed by atoms with Gasteiger partial charge in [-0.25, -0.2) is 4.39 Å². The number of hydrogen-bond acceptors (Lipinski definition) is 3. The molecule has 0 fully saturated rings. The molecule has 0 bridgehead atoms. The fourth-order valence-electron chi connectivity index (χ4n) is 2.42. The van der Waals surface area contributed by atoms with E-state index in [4.69, 9.17) is 15.2 Å². The number of halogens is 2. The van der Waals surface area contributed by atoms with Gasteiger partial charge in [-0.1, -0.05) is 18.2 Å². The summed E-state index contributed by atoms with van der Waals surface area (Å²) in [6.07, 6.45) is 0.596. The van der Waals surface area contributed by atoms with Crippen LogP contribution in [0.4, 0.5) is 4.39 Å². The van der Waals surface area contributed by atoms with Crippen LogP contribution in [-0.2, 0) is 6.42 Å². The summed E-state index contributed by atoms with van der Waals surface area (Å²) in [6.45, 7) is 1.08. The van der Waals surface area contributed by atoms with Gasteiger partial charge in [0.1, 0.15) is 19.0 Å². The molecule has 0 radical (unpaired) electrons. The Bertz CT molecular complexity index is 663. The van der Waals surface area contributed by atoms with E-state index in [1.54, 1.807) is 12.1 Å². The highest BCUT2D eigenvalue weighted by molar-refractivity contribution is 9.10. The van der Waals surface area contributed by atoms with E-state index in [1.165, 1.54) is 6.07 Å². The minimum atomic E-state index is -0.277. The number of benzene rings is 2. The topological polar surface area (TPSA) is 44.5 Å². The molecule has 21 heavy (non-hydrogen) atoms. The summed E-state index contributed by atoms with van der Waals surface area (Å²) in [4.78, 5) is 0. The zero-order valence-corrected chi connectivity index (χ0v) is 12.9. The van der Waals surface area contributed by atoms with E-state index in [0.717, 1.165) is 22.6 Å². The van der Waals surface area contributed by atoms with Crippen molar-refractivity contribution in [3.8, 4) is 11.5 Å². The molecular formula is C16H15BrFNO2. The van der Waals surface area contributed by atoms with E-state index in [1.807, 2.05) is 18.2 Å². The van der Waals surface area contributed by atoms with Crippen molar-refractivity contribution in [3.05, 3.63) is 57.8 Å². The van der Waals surface area contributed by atoms with Gasteiger partial charge in [-0.15, -0.1) is 0 Å². The van der Waals surface area contributed by atoms with Crippen molar-refractivity contribution in [1.29, 1.82) is 0 Å². The van der Waals surface area contributed by atoms with Crippen LogP contribution in [0, 0.1) is 5.82 Å². The van der Waals surface area contributed by atoms with Crippen molar-refractivity contribution in [2.24, 2.45) is 5.73 Å². The molecule has 1 heterocycles. The lowest BCUT2D eigenvalue weighted by molar-refractivity contribution is 0.169. The van der Waals surface area contributed by atoms with E-state index in [2.05, 4.69) is 15.9 Å². The molecule has 1 aliphatic heterocycles. The van der Waals surface area contributed by atoms with E-state index in [9.17, 15) is 4.39 Å². The highest BCUT2D eigenvalue weighted by Gasteiger charge is 2.20. The molecule has 1 aliphatic rings. The Morgan fingerprint density at radius 1 is 1.19 bits per heavy atom. The summed E-state index contributed by atoms with van der Waals surface area (Å²) in [5.74, 6) is 1.17. The molecule has 3 nitrogen and oxygen atoms in total. The smallest absolute Gasteiger partial charge is 0.166 e. The van der Waals surface area contributed by atoms with Crippen molar-refractivity contribution in [3.63, 3.8) is 0 Å². The minimum Gasteiger partial charge on any atom is -0.486 e. The van der Waals surface area contributed by atoms with Gasteiger partial charge in [0, 0.05) is 11.6 Å². The largest absolute Gasteiger partial charge is 0.486 e. The van der Waals surface area contributed by atoms with Crippen molar-refractivity contribution in [2.75, 3.05) is 13.2 Å². The molecule has 0 saturated carbocycles. The maximum absolute atomic E-state index is 13.3. The molecule has 110 valence electrons. The molecule has 0 saturated heterocycles. The second-order valence-corrected chi connectivity index (χ2v) is 5.78. The second-order valence-electron chi connectivity index (χ2n) is 4.93. The molecular weight excluding hydrogens is 337 g/mol. The van der Waals surface area contributed by atoms with E-state index >= 15 is 0 Å². The van der Waals surface area contributed by atoms with Crippen molar-refractivity contribution in [2.45, 2.75) is 12.5 Å². The van der Waals surface area contributed by atoms with Gasteiger partial charge >= 0.3 is 0 Å². The highest BCUT2D eigenvalue weighted by Crippen LogP contribution is 2.37. The van der Waals surface area contributed by atoms with Crippen LogP contribution in [-0.4, -0.2) is 13.2 Å². The fourth-order valence-corrected chi connectivity index (χ4v) is 2.84. The summed E-state index contributed by atoms with van der Waals surface area (Å²) in [5.41, 5.74) is 8.17. The molecule has 2 aromatic rings. The molecule has 1 unspecified atom stereocenters. The number of fused-ring (bicyclic) bond motifs is 1. The van der Waals surface area contributed by atoms with E-state index in [-0.39, 0.29) is 11.9 Å². The maximum Gasteiger partial charge on any atom is 0.166 e. The second kappa shape index (κ2) is 6.03. The monoisotopic (exact) mass is 351 g/mol. The normalized spacial score (nSPS) is 14.8. The highest BCUT2D eigenvalue weighted by atomic mass is 79.9. The van der Waals surface area contributed by atoms with Crippen LogP contribution in [0.1, 0.15) is 17.2 Å². The zero-order valence-electron chi connectivity index (χ0n) is 11.3. The molecule has 3 rings (SSSR count). The third-order valence-electron chi connectivity index (χ3n) is 3.44. The molecule has 5 heteroatoms. The molecule has 2 N–H and O–H groups in total. The predicted octanol–water partition coefficient (Wildman–Crippen LogP) is 3.60. The lowest BCUT2D eigenvalue weighted by Crippen LogP contribution is -2.20. The van der Waals surface area contributed by atoms with Crippen LogP contribution in [0.5, 0.6) is 11.5 Å². The Hall–Kier alpha value is -1.59. The standard InChI is InChI=1S/C16H15BrFNO2/c17-12-8-10(4-5-13(12)18)9-14(19)11-2-1-3-15-16(11)21-7-6-20-15/h1-5,8,14H,6-7,9,19H2. The SMILES string of the molecule is NC(Cc1ccc(F)c(Br)c1)c1cccc2c1OCCO2. The van der Waals surface area contributed by atoms with Crippen LogP contribution in [0.2, 0.25) is 0 Å². The number of ether oxygens (including phenoxy) is 2. The molecule has 1 atom stereocenters. The Morgan fingerprint density at radius 2 is 2.00 bits per heavy atom. The summed E-state index contributed by atoms with van der Waals surface area (Å²) >= 11 is 3.19.